The fourth-order valence-corrected chi connectivity index (χ4v) is 4.22. The molecule has 1 amide bonds. The van der Waals surface area contributed by atoms with Gasteiger partial charge in [0.2, 0.25) is 10.0 Å². The Morgan fingerprint density at radius 1 is 1.11 bits per heavy atom. The summed E-state index contributed by atoms with van der Waals surface area (Å²) in [5.41, 5.74) is 2.68. The predicted octanol–water partition coefficient (Wildman–Crippen LogP) is 2.76. The summed E-state index contributed by atoms with van der Waals surface area (Å²) in [5, 5.41) is 8.26. The first kappa shape index (κ1) is 22.1. The largest absolute Gasteiger partial charge is 0.350 e. The highest BCUT2D eigenvalue weighted by molar-refractivity contribution is 7.89. The Bertz CT molecular complexity index is 923. The van der Waals surface area contributed by atoms with E-state index < -0.39 is 10.0 Å². The van der Waals surface area contributed by atoms with Gasteiger partial charge in [0, 0.05) is 12.1 Å². The molecule has 28 heavy (non-hydrogen) atoms. The lowest BCUT2D eigenvalue weighted by molar-refractivity contribution is 0.0934. The molecule has 1 unspecified atom stereocenters. The molecule has 0 bridgehead atoms. The molecule has 1 atom stereocenters. The molecule has 0 aliphatic rings. The van der Waals surface area contributed by atoms with Gasteiger partial charge in [-0.15, -0.1) is 0 Å². The molecule has 0 aliphatic heterocycles. The maximum Gasteiger partial charge on any atom is 0.251 e. The molecule has 0 saturated carbocycles. The van der Waals surface area contributed by atoms with Crippen molar-refractivity contribution in [2.45, 2.75) is 38.6 Å². The Hall–Kier alpha value is -2.22. The van der Waals surface area contributed by atoms with Gasteiger partial charge in [0.25, 0.3) is 5.91 Å². The van der Waals surface area contributed by atoms with E-state index >= 15 is 0 Å². The molecule has 0 aliphatic carbocycles. The summed E-state index contributed by atoms with van der Waals surface area (Å²) >= 11 is 0. The van der Waals surface area contributed by atoms with E-state index in [1.165, 1.54) is 6.07 Å². The number of sulfonamides is 1. The van der Waals surface area contributed by atoms with E-state index in [1.54, 1.807) is 19.9 Å². The van der Waals surface area contributed by atoms with Gasteiger partial charge < -0.3 is 5.32 Å². The van der Waals surface area contributed by atoms with Gasteiger partial charge in [-0.1, -0.05) is 44.2 Å². The van der Waals surface area contributed by atoms with Gasteiger partial charge in [-0.3, -0.25) is 9.69 Å². The number of nitrogens with one attached hydrogen (secondary N) is 1. The van der Waals surface area contributed by atoms with E-state index in [-0.39, 0.29) is 16.8 Å². The van der Waals surface area contributed by atoms with Gasteiger partial charge in [-0.25, -0.2) is 13.6 Å². The van der Waals surface area contributed by atoms with Crippen LogP contribution in [0.4, 0.5) is 0 Å². The number of primary sulfonamides is 1. The molecular weight excluding hydrogens is 374 g/mol. The zero-order valence-electron chi connectivity index (χ0n) is 16.9. The number of amides is 1. The van der Waals surface area contributed by atoms with Crippen LogP contribution in [0.3, 0.4) is 0 Å². The highest BCUT2D eigenvalue weighted by atomic mass is 32.2. The number of hydrogen-bond donors (Lipinski definition) is 2. The van der Waals surface area contributed by atoms with Crippen molar-refractivity contribution < 1.29 is 13.2 Å². The van der Waals surface area contributed by atoms with Crippen LogP contribution in [-0.4, -0.2) is 38.9 Å². The highest BCUT2D eigenvalue weighted by Gasteiger charge is 2.21. The van der Waals surface area contributed by atoms with Crippen molar-refractivity contribution in [2.75, 3.05) is 19.6 Å². The predicted molar refractivity (Wildman–Crippen MR) is 112 cm³/mol. The minimum absolute atomic E-state index is 0.0130. The number of hydrogen-bond acceptors (Lipinski definition) is 4. The van der Waals surface area contributed by atoms with Crippen LogP contribution < -0.4 is 10.5 Å². The average Bonchev–Trinajstić information content (AvgIpc) is 2.66. The first-order valence-electron chi connectivity index (χ1n) is 9.40. The van der Waals surface area contributed by atoms with E-state index in [1.807, 2.05) is 30.3 Å². The molecule has 0 spiro atoms. The van der Waals surface area contributed by atoms with Crippen molar-refractivity contribution in [1.29, 1.82) is 0 Å². The van der Waals surface area contributed by atoms with Crippen LogP contribution >= 0.6 is 0 Å². The quantitative estimate of drug-likeness (QED) is 0.709. The number of carbonyl (C=O) groups is 1. The van der Waals surface area contributed by atoms with Crippen molar-refractivity contribution in [1.82, 2.24) is 10.2 Å². The van der Waals surface area contributed by atoms with Crippen LogP contribution in [0.15, 0.2) is 47.4 Å². The van der Waals surface area contributed by atoms with Crippen molar-refractivity contribution in [3.05, 3.63) is 64.7 Å². The summed E-state index contributed by atoms with van der Waals surface area (Å²) in [7, 11) is -3.90. The van der Waals surface area contributed by atoms with Crippen LogP contribution in [0.1, 0.15) is 46.9 Å². The van der Waals surface area contributed by atoms with Gasteiger partial charge >= 0.3 is 0 Å². The Morgan fingerprint density at radius 2 is 1.71 bits per heavy atom. The molecule has 0 heterocycles. The zero-order valence-corrected chi connectivity index (χ0v) is 17.7. The molecule has 3 N–H and O–H groups in total. The van der Waals surface area contributed by atoms with E-state index in [0.29, 0.717) is 23.2 Å². The van der Waals surface area contributed by atoms with Crippen LogP contribution in [-0.2, 0) is 10.0 Å². The van der Waals surface area contributed by atoms with Gasteiger partial charge in [0.1, 0.15) is 0 Å². The topological polar surface area (TPSA) is 92.5 Å². The maximum absolute atomic E-state index is 12.8. The summed E-state index contributed by atoms with van der Waals surface area (Å²) in [6.07, 6.45) is 0. The first-order chi connectivity index (χ1) is 13.2. The van der Waals surface area contributed by atoms with Crippen LogP contribution in [0.2, 0.25) is 0 Å². The minimum Gasteiger partial charge on any atom is -0.350 e. The van der Waals surface area contributed by atoms with Gasteiger partial charge in [-0.2, -0.15) is 0 Å². The van der Waals surface area contributed by atoms with Crippen molar-refractivity contribution in [3.8, 4) is 0 Å². The summed E-state index contributed by atoms with van der Waals surface area (Å²) in [4.78, 5) is 15.0. The number of benzene rings is 2. The maximum atomic E-state index is 12.8. The molecule has 152 valence electrons. The molecule has 7 heteroatoms. The Labute approximate surface area is 167 Å². The third-order valence-electron chi connectivity index (χ3n) is 5.08. The van der Waals surface area contributed by atoms with E-state index in [4.69, 9.17) is 5.14 Å². The number of rotatable bonds is 8. The summed E-state index contributed by atoms with van der Waals surface area (Å²) in [6.45, 7) is 9.75. The second kappa shape index (κ2) is 9.32. The van der Waals surface area contributed by atoms with E-state index in [9.17, 15) is 13.2 Å². The average molecular weight is 404 g/mol. The van der Waals surface area contributed by atoms with Crippen molar-refractivity contribution >= 4 is 15.9 Å². The third-order valence-corrected chi connectivity index (χ3v) is 6.12. The number of likely N-dealkylation sites (N-methyl/N-ethyl adjacent to an activating group) is 1. The zero-order chi connectivity index (χ0) is 20.9. The summed E-state index contributed by atoms with van der Waals surface area (Å²) in [5.74, 6) is -0.318. The van der Waals surface area contributed by atoms with Crippen molar-refractivity contribution in [2.24, 2.45) is 5.14 Å². The Balaban J connectivity index is 2.27. The Kier molecular flexibility index (Phi) is 7.35. The first-order valence-corrected chi connectivity index (χ1v) is 10.9. The molecule has 0 saturated heterocycles. The van der Waals surface area contributed by atoms with Crippen LogP contribution in [0.25, 0.3) is 0 Å². The van der Waals surface area contributed by atoms with Crippen LogP contribution in [0.5, 0.6) is 0 Å². The summed E-state index contributed by atoms with van der Waals surface area (Å²) in [6, 6.07) is 13.1. The lowest BCUT2D eigenvalue weighted by Gasteiger charge is -2.30. The van der Waals surface area contributed by atoms with E-state index in [2.05, 4.69) is 24.1 Å². The molecule has 2 rings (SSSR count). The molecular formula is C21H29N3O3S. The third kappa shape index (κ3) is 5.19. The second-order valence-electron chi connectivity index (χ2n) is 6.82. The fourth-order valence-electron chi connectivity index (χ4n) is 3.34. The Morgan fingerprint density at radius 3 is 2.25 bits per heavy atom. The van der Waals surface area contributed by atoms with Gasteiger partial charge in [0.05, 0.1) is 10.9 Å². The molecule has 0 aromatic heterocycles. The number of nitrogens with zero attached hydrogens (tertiary/aromatic N) is 1. The molecule has 2 aromatic carbocycles. The number of aryl methyl sites for hydroxylation is 1. The molecule has 0 fully saturated rings. The second-order valence-corrected chi connectivity index (χ2v) is 8.35. The van der Waals surface area contributed by atoms with Crippen molar-refractivity contribution in [3.63, 3.8) is 0 Å². The SMILES string of the molecule is CCN(CC)C(CNC(=O)c1cc(C)c(C)c(S(N)(=O)=O)c1)c1ccccc1. The monoisotopic (exact) mass is 403 g/mol. The minimum atomic E-state index is -3.90. The normalized spacial score (nSPS) is 12.8. The smallest absolute Gasteiger partial charge is 0.251 e. The van der Waals surface area contributed by atoms with Gasteiger partial charge in [-0.05, 0) is 55.8 Å². The van der Waals surface area contributed by atoms with Gasteiger partial charge in [0.15, 0.2) is 0 Å². The standard InChI is InChI=1S/C21H29N3O3S/c1-5-24(6-2)19(17-10-8-7-9-11-17)14-23-21(25)18-12-15(3)16(4)20(13-18)28(22,26)27/h7-13,19H,5-6,14H2,1-4H3,(H,23,25)(H2,22,26,27). The lowest BCUT2D eigenvalue weighted by atomic mass is 10.0. The number of nitrogens with two attached hydrogens (primary N) is 1. The lowest BCUT2D eigenvalue weighted by Crippen LogP contribution is -2.38. The fraction of sp³-hybridized carbons (Fsp3) is 0.381. The molecule has 2 aromatic rings. The highest BCUT2D eigenvalue weighted by Crippen LogP contribution is 2.22. The van der Waals surface area contributed by atoms with E-state index in [0.717, 1.165) is 18.7 Å². The number of carbonyl (C=O) groups excluding carboxylic acids is 1. The molecule has 6 nitrogen and oxygen atoms in total. The summed E-state index contributed by atoms with van der Waals surface area (Å²) < 4.78 is 23.7. The van der Waals surface area contributed by atoms with Crippen LogP contribution in [0, 0.1) is 13.8 Å². The molecule has 0 radical (unpaired) electrons.